The maximum absolute atomic E-state index is 10.0. The largest absolute Gasteiger partial charge is 0.394 e. The number of hydrogen-bond donors (Lipinski definition) is 2. The molecule has 0 saturated carbocycles. The molecule has 3 rings (SSSR count). The fraction of sp³-hybridized carbons (Fsp3) is 0.455. The van der Waals surface area contributed by atoms with Gasteiger partial charge in [-0.3, -0.25) is 0 Å². The van der Waals surface area contributed by atoms with Crippen LogP contribution < -0.4 is 0 Å². The Bertz CT molecular complexity index is 574. The van der Waals surface area contributed by atoms with Crippen LogP contribution in [0.4, 0.5) is 0 Å². The second-order valence-electron chi connectivity index (χ2n) is 4.28. The summed E-state index contributed by atoms with van der Waals surface area (Å²) in [4.78, 5) is 8.22. The number of fused-ring (bicyclic) bond motifs is 1. The first kappa shape index (κ1) is 12.3. The molecule has 0 amide bonds. The monoisotopic (exact) mass is 361 g/mol. The van der Waals surface area contributed by atoms with E-state index in [2.05, 4.69) is 32.6 Å². The van der Waals surface area contributed by atoms with Crippen LogP contribution in [0.3, 0.4) is 0 Å². The Balaban J connectivity index is 2.04. The summed E-state index contributed by atoms with van der Waals surface area (Å²) in [5, 5.41) is 20.0. The van der Waals surface area contributed by atoms with Crippen LogP contribution in [0.5, 0.6) is 0 Å². The lowest BCUT2D eigenvalue weighted by molar-refractivity contribution is -0.0484. The summed E-state index contributed by atoms with van der Waals surface area (Å²) in [5.41, 5.74) is 0.733. The highest BCUT2D eigenvalue weighted by molar-refractivity contribution is 14.1. The standard InChI is InChI=1S/C11H12IN3O3/c12-8-3-15(10-7(8)2-13-5-14-10)11-9(17)1-6(4-16)18-11/h2-3,5-6,9,11,16-17H,1,4H2/t6-,9+,11+/m0/s1. The van der Waals surface area contributed by atoms with Gasteiger partial charge in [-0.2, -0.15) is 0 Å². The van der Waals surface area contributed by atoms with E-state index in [1.165, 1.54) is 6.33 Å². The smallest absolute Gasteiger partial charge is 0.161 e. The van der Waals surface area contributed by atoms with Crippen LogP contribution in [-0.2, 0) is 4.74 Å². The van der Waals surface area contributed by atoms with Gasteiger partial charge in [0.1, 0.15) is 18.1 Å². The number of ether oxygens (including phenoxy) is 1. The Morgan fingerprint density at radius 3 is 3.11 bits per heavy atom. The normalized spacial score (nSPS) is 28.1. The number of aliphatic hydroxyl groups excluding tert-OH is 2. The van der Waals surface area contributed by atoms with E-state index in [4.69, 9.17) is 9.84 Å². The summed E-state index contributed by atoms with van der Waals surface area (Å²) >= 11 is 2.20. The number of halogens is 1. The van der Waals surface area contributed by atoms with Crippen LogP contribution >= 0.6 is 22.6 Å². The lowest BCUT2D eigenvalue weighted by Crippen LogP contribution is -2.19. The van der Waals surface area contributed by atoms with Crippen molar-refractivity contribution in [3.8, 4) is 0 Å². The molecule has 0 bridgehead atoms. The van der Waals surface area contributed by atoms with E-state index in [9.17, 15) is 5.11 Å². The number of nitrogens with zero attached hydrogens (tertiary/aromatic N) is 3. The van der Waals surface area contributed by atoms with E-state index in [-0.39, 0.29) is 12.7 Å². The topological polar surface area (TPSA) is 80.4 Å². The molecule has 7 heteroatoms. The van der Waals surface area contributed by atoms with E-state index < -0.39 is 12.3 Å². The van der Waals surface area contributed by atoms with Crippen molar-refractivity contribution in [3.05, 3.63) is 22.3 Å². The van der Waals surface area contributed by atoms with E-state index in [1.807, 2.05) is 6.20 Å². The van der Waals surface area contributed by atoms with Crippen molar-refractivity contribution in [1.29, 1.82) is 0 Å². The van der Waals surface area contributed by atoms with E-state index >= 15 is 0 Å². The molecule has 0 radical (unpaired) electrons. The van der Waals surface area contributed by atoms with Crippen molar-refractivity contribution in [1.82, 2.24) is 14.5 Å². The minimum Gasteiger partial charge on any atom is -0.394 e. The molecule has 0 aliphatic carbocycles. The molecule has 1 fully saturated rings. The molecular weight excluding hydrogens is 349 g/mol. The highest BCUT2D eigenvalue weighted by Crippen LogP contribution is 2.32. The van der Waals surface area contributed by atoms with Crippen LogP contribution in [0.15, 0.2) is 18.7 Å². The zero-order chi connectivity index (χ0) is 12.7. The zero-order valence-electron chi connectivity index (χ0n) is 9.40. The SMILES string of the molecule is OC[C@@H]1C[C@@H](O)[C@H](n2cc(I)c3cncnc32)O1. The molecule has 0 unspecified atom stereocenters. The van der Waals surface area contributed by atoms with Gasteiger partial charge in [0.2, 0.25) is 0 Å². The molecule has 2 N–H and O–H groups in total. The summed E-state index contributed by atoms with van der Waals surface area (Å²) in [6, 6.07) is 0. The molecule has 3 heterocycles. The molecule has 2 aromatic heterocycles. The molecule has 1 aliphatic rings. The third-order valence-electron chi connectivity index (χ3n) is 3.09. The predicted molar refractivity (Wildman–Crippen MR) is 71.9 cm³/mol. The molecule has 1 saturated heterocycles. The van der Waals surface area contributed by atoms with Crippen molar-refractivity contribution in [2.75, 3.05) is 6.61 Å². The Morgan fingerprint density at radius 1 is 1.56 bits per heavy atom. The zero-order valence-corrected chi connectivity index (χ0v) is 11.6. The highest BCUT2D eigenvalue weighted by atomic mass is 127. The van der Waals surface area contributed by atoms with Gasteiger partial charge in [-0.05, 0) is 22.6 Å². The minimum atomic E-state index is -0.636. The van der Waals surface area contributed by atoms with Gasteiger partial charge in [-0.1, -0.05) is 0 Å². The van der Waals surface area contributed by atoms with Crippen LogP contribution in [0.1, 0.15) is 12.6 Å². The summed E-state index contributed by atoms with van der Waals surface area (Å²) in [7, 11) is 0. The van der Waals surface area contributed by atoms with E-state index in [0.717, 1.165) is 14.6 Å². The fourth-order valence-corrected chi connectivity index (χ4v) is 2.92. The Kier molecular flexibility index (Phi) is 3.22. The van der Waals surface area contributed by atoms with Crippen LogP contribution in [0, 0.1) is 3.57 Å². The molecule has 2 aromatic rings. The van der Waals surface area contributed by atoms with E-state index in [0.29, 0.717) is 6.42 Å². The average Bonchev–Trinajstić information content (AvgIpc) is 2.91. The number of rotatable bonds is 2. The quantitative estimate of drug-likeness (QED) is 0.769. The summed E-state index contributed by atoms with van der Waals surface area (Å²) < 4.78 is 8.44. The Morgan fingerprint density at radius 2 is 2.39 bits per heavy atom. The van der Waals surface area contributed by atoms with Gasteiger partial charge in [0.25, 0.3) is 0 Å². The maximum Gasteiger partial charge on any atom is 0.161 e. The van der Waals surface area contributed by atoms with Gasteiger partial charge >= 0.3 is 0 Å². The first-order chi connectivity index (χ1) is 8.70. The van der Waals surface area contributed by atoms with Crippen LogP contribution in [0.2, 0.25) is 0 Å². The summed E-state index contributed by atoms with van der Waals surface area (Å²) in [6.45, 7) is -0.0845. The number of aliphatic hydroxyl groups is 2. The summed E-state index contributed by atoms with van der Waals surface area (Å²) in [5.74, 6) is 0. The van der Waals surface area contributed by atoms with Gasteiger partial charge in [-0.25, -0.2) is 9.97 Å². The Hall–Kier alpha value is -0.770. The molecule has 0 spiro atoms. The third-order valence-corrected chi connectivity index (χ3v) is 3.95. The Labute approximate surface area is 117 Å². The van der Waals surface area contributed by atoms with Gasteiger partial charge in [0.15, 0.2) is 6.23 Å². The first-order valence-electron chi connectivity index (χ1n) is 5.61. The average molecular weight is 361 g/mol. The van der Waals surface area contributed by atoms with Crippen molar-refractivity contribution in [3.63, 3.8) is 0 Å². The molecular formula is C11H12IN3O3. The van der Waals surface area contributed by atoms with Gasteiger partial charge in [0, 0.05) is 22.4 Å². The van der Waals surface area contributed by atoms with Crippen LogP contribution in [-0.4, -0.2) is 43.6 Å². The number of aromatic nitrogens is 3. The fourth-order valence-electron chi connectivity index (χ4n) is 2.24. The van der Waals surface area contributed by atoms with Crippen molar-refractivity contribution < 1.29 is 14.9 Å². The maximum atomic E-state index is 10.0. The third kappa shape index (κ3) is 1.91. The van der Waals surface area contributed by atoms with Crippen molar-refractivity contribution >= 4 is 33.6 Å². The first-order valence-corrected chi connectivity index (χ1v) is 6.69. The molecule has 0 aromatic carbocycles. The molecule has 6 nitrogen and oxygen atoms in total. The van der Waals surface area contributed by atoms with Gasteiger partial charge < -0.3 is 19.5 Å². The lowest BCUT2D eigenvalue weighted by Gasteiger charge is -2.17. The molecule has 1 aliphatic heterocycles. The lowest BCUT2D eigenvalue weighted by atomic mass is 10.2. The van der Waals surface area contributed by atoms with Crippen molar-refractivity contribution in [2.24, 2.45) is 0 Å². The second-order valence-corrected chi connectivity index (χ2v) is 5.44. The van der Waals surface area contributed by atoms with Crippen LogP contribution in [0.25, 0.3) is 11.0 Å². The van der Waals surface area contributed by atoms with Gasteiger partial charge in [0.05, 0.1) is 18.1 Å². The summed E-state index contributed by atoms with van der Waals surface area (Å²) in [6.07, 6.45) is 4.08. The minimum absolute atomic E-state index is 0.0845. The van der Waals surface area contributed by atoms with E-state index in [1.54, 1.807) is 10.8 Å². The molecule has 18 heavy (non-hydrogen) atoms. The highest BCUT2D eigenvalue weighted by Gasteiger charge is 2.35. The van der Waals surface area contributed by atoms with Gasteiger partial charge in [-0.15, -0.1) is 0 Å². The number of hydrogen-bond acceptors (Lipinski definition) is 5. The molecule has 96 valence electrons. The predicted octanol–water partition coefficient (Wildman–Crippen LogP) is 0.677. The van der Waals surface area contributed by atoms with Crippen molar-refractivity contribution in [2.45, 2.75) is 24.9 Å². The molecule has 3 atom stereocenters. The second kappa shape index (κ2) is 4.72.